The van der Waals surface area contributed by atoms with Crippen LogP contribution in [0.2, 0.25) is 0 Å². The van der Waals surface area contributed by atoms with Gasteiger partial charge in [0.05, 0.1) is 25.2 Å². The van der Waals surface area contributed by atoms with Gasteiger partial charge in [-0.2, -0.15) is 0 Å². The summed E-state index contributed by atoms with van der Waals surface area (Å²) < 4.78 is 10.6. The predicted molar refractivity (Wildman–Crippen MR) is 114 cm³/mol. The summed E-state index contributed by atoms with van der Waals surface area (Å²) in [5, 5.41) is 14.1. The zero-order chi connectivity index (χ0) is 20.4. The van der Waals surface area contributed by atoms with Gasteiger partial charge in [-0.1, -0.05) is 12.1 Å². The molecule has 29 heavy (non-hydrogen) atoms. The monoisotopic (exact) mass is 414 g/mol. The molecule has 2 aliphatic rings. The number of benzene rings is 2. The van der Waals surface area contributed by atoms with Crippen LogP contribution in [0.5, 0.6) is 11.5 Å². The van der Waals surface area contributed by atoms with E-state index in [2.05, 4.69) is 5.32 Å². The summed E-state index contributed by atoms with van der Waals surface area (Å²) in [6.45, 7) is 1.51. The maximum absolute atomic E-state index is 13.3. The molecule has 154 valence electrons. The molecule has 2 aromatic rings. The van der Waals surface area contributed by atoms with Crippen molar-refractivity contribution in [2.24, 2.45) is 0 Å². The number of methoxy groups -OCH3 is 2. The summed E-state index contributed by atoms with van der Waals surface area (Å²) in [6, 6.07) is 13.5. The normalized spacial score (nSPS) is 24.2. The Labute approximate surface area is 175 Å². The Morgan fingerprint density at radius 1 is 1.14 bits per heavy atom. The number of amides is 1. The molecule has 2 unspecified atom stereocenters. The van der Waals surface area contributed by atoms with Crippen LogP contribution in [-0.4, -0.2) is 50.5 Å². The van der Waals surface area contributed by atoms with E-state index < -0.39 is 11.4 Å². The van der Waals surface area contributed by atoms with Gasteiger partial charge in [0.15, 0.2) is 0 Å². The van der Waals surface area contributed by atoms with E-state index in [0.29, 0.717) is 6.54 Å². The smallest absolute Gasteiger partial charge is 0.257 e. The zero-order valence-corrected chi connectivity index (χ0v) is 17.4. The fourth-order valence-electron chi connectivity index (χ4n) is 3.91. The lowest BCUT2D eigenvalue weighted by molar-refractivity contribution is -0.126. The van der Waals surface area contributed by atoms with Crippen molar-refractivity contribution < 1.29 is 19.4 Å². The minimum Gasteiger partial charge on any atom is -0.497 e. The number of nitrogens with one attached hydrogen (secondary N) is 1. The van der Waals surface area contributed by atoms with E-state index in [1.807, 2.05) is 42.5 Å². The molecule has 0 saturated carbocycles. The maximum atomic E-state index is 13.3. The van der Waals surface area contributed by atoms with Crippen molar-refractivity contribution in [1.82, 2.24) is 5.32 Å². The first kappa shape index (κ1) is 20.1. The van der Waals surface area contributed by atoms with Crippen LogP contribution in [0.4, 0.5) is 5.69 Å². The van der Waals surface area contributed by atoms with Crippen LogP contribution in [0.3, 0.4) is 0 Å². The Bertz CT molecular complexity index is 868. The molecular weight excluding hydrogens is 388 g/mol. The minimum absolute atomic E-state index is 0.239. The molecule has 7 heteroatoms. The van der Waals surface area contributed by atoms with Crippen LogP contribution in [0, 0.1) is 0 Å². The third-order valence-electron chi connectivity index (χ3n) is 5.53. The fraction of sp³-hybridized carbons (Fsp3) is 0.409. The van der Waals surface area contributed by atoms with Gasteiger partial charge in [-0.25, -0.2) is 0 Å². The van der Waals surface area contributed by atoms with Gasteiger partial charge in [0, 0.05) is 17.5 Å². The second kappa shape index (κ2) is 8.65. The number of carbonyl (C=O) groups excluding carboxylic acids is 1. The zero-order valence-electron chi connectivity index (χ0n) is 16.6. The average Bonchev–Trinajstić information content (AvgIpc) is 3.25. The lowest BCUT2D eigenvalue weighted by Crippen LogP contribution is -2.46. The van der Waals surface area contributed by atoms with Gasteiger partial charge >= 0.3 is 0 Å². The summed E-state index contributed by atoms with van der Waals surface area (Å²) in [6.07, 6.45) is 0.988. The van der Waals surface area contributed by atoms with Crippen molar-refractivity contribution in [2.75, 3.05) is 32.2 Å². The quantitative estimate of drug-likeness (QED) is 0.784. The van der Waals surface area contributed by atoms with Crippen molar-refractivity contribution in [3.8, 4) is 11.5 Å². The first-order valence-corrected chi connectivity index (χ1v) is 10.7. The second-order valence-electron chi connectivity index (χ2n) is 7.33. The number of aliphatic hydroxyl groups excluding tert-OH is 1. The van der Waals surface area contributed by atoms with E-state index in [4.69, 9.17) is 9.47 Å². The van der Waals surface area contributed by atoms with Crippen molar-refractivity contribution >= 4 is 23.4 Å². The fourth-order valence-corrected chi connectivity index (χ4v) is 5.21. The Hall–Kier alpha value is -2.22. The molecule has 3 atom stereocenters. The van der Waals surface area contributed by atoms with Crippen LogP contribution in [0.25, 0.3) is 0 Å². The summed E-state index contributed by atoms with van der Waals surface area (Å²) in [5.41, 5.74) is 1.70. The minimum atomic E-state index is -1.15. The predicted octanol–water partition coefficient (Wildman–Crippen LogP) is 3.00. The van der Waals surface area contributed by atoms with Crippen molar-refractivity contribution in [1.29, 1.82) is 0 Å². The number of hydrogen-bond acceptors (Lipinski definition) is 6. The van der Waals surface area contributed by atoms with E-state index in [0.717, 1.165) is 47.0 Å². The van der Waals surface area contributed by atoms with Crippen LogP contribution in [-0.2, 0) is 4.79 Å². The average molecular weight is 415 g/mol. The molecule has 2 N–H and O–H groups in total. The highest BCUT2D eigenvalue weighted by molar-refractivity contribution is 7.99. The van der Waals surface area contributed by atoms with E-state index in [-0.39, 0.29) is 11.9 Å². The van der Waals surface area contributed by atoms with Crippen molar-refractivity contribution in [2.45, 2.75) is 35.1 Å². The van der Waals surface area contributed by atoms with Gasteiger partial charge in [0.1, 0.15) is 17.6 Å². The van der Waals surface area contributed by atoms with E-state index in [1.54, 1.807) is 19.1 Å². The van der Waals surface area contributed by atoms with Gasteiger partial charge in [-0.3, -0.25) is 4.79 Å². The van der Waals surface area contributed by atoms with Gasteiger partial charge in [-0.05, 0) is 55.3 Å². The van der Waals surface area contributed by atoms with Crippen LogP contribution >= 0.6 is 11.8 Å². The summed E-state index contributed by atoms with van der Waals surface area (Å²) in [5.74, 6) is 1.20. The molecule has 4 rings (SSSR count). The molecule has 6 nitrogen and oxygen atoms in total. The largest absolute Gasteiger partial charge is 0.497 e. The SMILES string of the molecule is COc1ccc(C2Sc3cc(OC)ccc3N(C[C@@H]3CCCN3)C(=O)C2O)cc1. The highest BCUT2D eigenvalue weighted by Gasteiger charge is 2.38. The van der Waals surface area contributed by atoms with Gasteiger partial charge < -0.3 is 24.8 Å². The van der Waals surface area contributed by atoms with E-state index in [1.165, 1.54) is 11.8 Å². The first-order chi connectivity index (χ1) is 14.1. The second-order valence-corrected chi connectivity index (χ2v) is 8.52. The number of rotatable bonds is 5. The molecule has 1 fully saturated rings. The number of nitrogens with zero attached hydrogens (tertiary/aromatic N) is 1. The maximum Gasteiger partial charge on any atom is 0.257 e. The lowest BCUT2D eigenvalue weighted by Gasteiger charge is -2.27. The number of carbonyl (C=O) groups is 1. The number of fused-ring (bicyclic) bond motifs is 1. The molecule has 2 aromatic carbocycles. The van der Waals surface area contributed by atoms with Crippen molar-refractivity contribution in [3.05, 3.63) is 48.0 Å². The number of hydrogen-bond donors (Lipinski definition) is 2. The summed E-state index contributed by atoms with van der Waals surface area (Å²) >= 11 is 1.49. The number of thioether (sulfide) groups is 1. The lowest BCUT2D eigenvalue weighted by atomic mass is 10.1. The highest BCUT2D eigenvalue weighted by Crippen LogP contribution is 2.47. The van der Waals surface area contributed by atoms with Crippen LogP contribution in [0.1, 0.15) is 23.7 Å². The molecule has 0 aliphatic carbocycles. The van der Waals surface area contributed by atoms with E-state index in [9.17, 15) is 9.90 Å². The molecule has 2 aliphatic heterocycles. The summed E-state index contributed by atoms with van der Waals surface area (Å²) in [7, 11) is 3.25. The number of aliphatic hydroxyl groups is 1. The van der Waals surface area contributed by atoms with Crippen LogP contribution in [0.15, 0.2) is 47.4 Å². The molecule has 1 saturated heterocycles. The molecule has 0 bridgehead atoms. The molecule has 0 aromatic heterocycles. The Kier molecular flexibility index (Phi) is 5.99. The summed E-state index contributed by atoms with van der Waals surface area (Å²) in [4.78, 5) is 16.0. The molecular formula is C22H26N2O4S. The van der Waals surface area contributed by atoms with Crippen molar-refractivity contribution in [3.63, 3.8) is 0 Å². The third kappa shape index (κ3) is 4.08. The Morgan fingerprint density at radius 2 is 1.86 bits per heavy atom. The molecule has 1 amide bonds. The van der Waals surface area contributed by atoms with Gasteiger partial charge in [-0.15, -0.1) is 11.8 Å². The topological polar surface area (TPSA) is 71.0 Å². The molecule has 0 spiro atoms. The van der Waals surface area contributed by atoms with Gasteiger partial charge in [0.25, 0.3) is 5.91 Å². The van der Waals surface area contributed by atoms with Crippen LogP contribution < -0.4 is 19.7 Å². The first-order valence-electron chi connectivity index (χ1n) is 9.82. The standard InChI is InChI=1S/C22H26N2O4S/c1-27-16-7-5-14(6-8-16)21-20(25)22(26)24(13-15-4-3-11-23-15)18-10-9-17(28-2)12-19(18)29-21/h5-10,12,15,20-21,23,25H,3-4,11,13H2,1-2H3/t15-,20?,21?/m0/s1. The highest BCUT2D eigenvalue weighted by atomic mass is 32.2. The number of anilines is 1. The van der Waals surface area contributed by atoms with Gasteiger partial charge in [0.2, 0.25) is 0 Å². The number of ether oxygens (including phenoxy) is 2. The Balaban J connectivity index is 1.72. The molecule has 0 radical (unpaired) electrons. The van der Waals surface area contributed by atoms with E-state index >= 15 is 0 Å². The Morgan fingerprint density at radius 3 is 2.52 bits per heavy atom. The third-order valence-corrected chi connectivity index (χ3v) is 6.89. The molecule has 2 heterocycles.